The summed E-state index contributed by atoms with van der Waals surface area (Å²) >= 11 is 0. The van der Waals surface area contributed by atoms with Gasteiger partial charge in [0.2, 0.25) is 0 Å². The minimum atomic E-state index is 0.286. The molecule has 0 rings (SSSR count). The number of carbonyl (C=O) groups excluding carboxylic acids is 1. The predicted molar refractivity (Wildman–Crippen MR) is 53.1 cm³/mol. The van der Waals surface area contributed by atoms with E-state index in [2.05, 4.69) is 20.1 Å². The fourth-order valence-corrected chi connectivity index (χ4v) is 0.986. The highest BCUT2D eigenvalue weighted by Gasteiger charge is 2.01. The van der Waals surface area contributed by atoms with Gasteiger partial charge in [0.15, 0.2) is 0 Å². The van der Waals surface area contributed by atoms with Crippen LogP contribution in [0.2, 0.25) is 0 Å². The molecule has 0 aliphatic heterocycles. The van der Waals surface area contributed by atoms with Gasteiger partial charge in [0.25, 0.3) is 0 Å². The Morgan fingerprint density at radius 1 is 1.42 bits per heavy atom. The van der Waals surface area contributed by atoms with Crippen LogP contribution >= 0.6 is 0 Å². The van der Waals surface area contributed by atoms with Gasteiger partial charge in [-0.15, -0.1) is 0 Å². The van der Waals surface area contributed by atoms with Gasteiger partial charge >= 0.3 is 0 Å². The molecule has 0 saturated heterocycles. The fourth-order valence-electron chi connectivity index (χ4n) is 0.986. The van der Waals surface area contributed by atoms with Crippen LogP contribution < -0.4 is 0 Å². The van der Waals surface area contributed by atoms with Gasteiger partial charge in [-0.1, -0.05) is 39.0 Å². The number of carbonyl (C=O) groups is 1. The molecule has 0 aliphatic carbocycles. The summed E-state index contributed by atoms with van der Waals surface area (Å²) in [5, 5.41) is 0. The maximum atomic E-state index is 11.2. The Morgan fingerprint density at radius 3 is 2.58 bits per heavy atom. The molecule has 0 amide bonds. The maximum absolute atomic E-state index is 11.2. The van der Waals surface area contributed by atoms with Crippen LogP contribution in [0, 0.1) is 0 Å². The summed E-state index contributed by atoms with van der Waals surface area (Å²) < 4.78 is 0. The number of hydrogen-bond acceptors (Lipinski definition) is 1. The lowest BCUT2D eigenvalue weighted by Crippen LogP contribution is -1.97. The first-order chi connectivity index (χ1) is 5.70. The van der Waals surface area contributed by atoms with E-state index in [1.54, 1.807) is 6.08 Å². The minimum absolute atomic E-state index is 0.286. The third-order valence-electron chi connectivity index (χ3n) is 1.77. The van der Waals surface area contributed by atoms with Crippen LogP contribution in [0.25, 0.3) is 0 Å². The van der Waals surface area contributed by atoms with E-state index in [0.29, 0.717) is 12.8 Å². The molecule has 0 radical (unpaired) electrons. The molecule has 0 bridgehead atoms. The number of ketones is 1. The normalized spacial score (nSPS) is 9.42. The number of unbranched alkanes of at least 4 members (excludes halogenated alkanes) is 2. The van der Waals surface area contributed by atoms with Gasteiger partial charge in [-0.25, -0.2) is 0 Å². The number of allylic oxidation sites excluding steroid dienone is 2. The lowest BCUT2D eigenvalue weighted by Gasteiger charge is -1.99. The van der Waals surface area contributed by atoms with Crippen molar-refractivity contribution in [1.82, 2.24) is 0 Å². The van der Waals surface area contributed by atoms with Crippen molar-refractivity contribution in [2.24, 2.45) is 0 Å². The van der Waals surface area contributed by atoms with Gasteiger partial charge in [-0.05, 0) is 12.0 Å². The first kappa shape index (κ1) is 11.2. The molecule has 0 unspecified atom stereocenters. The molecule has 0 heterocycles. The largest absolute Gasteiger partial charge is 0.299 e. The molecule has 0 atom stereocenters. The summed E-state index contributed by atoms with van der Waals surface area (Å²) in [6.07, 6.45) is 6.15. The van der Waals surface area contributed by atoms with Crippen molar-refractivity contribution in [3.8, 4) is 0 Å². The first-order valence-electron chi connectivity index (χ1n) is 4.52. The van der Waals surface area contributed by atoms with Crippen molar-refractivity contribution in [3.63, 3.8) is 0 Å². The van der Waals surface area contributed by atoms with Crippen molar-refractivity contribution in [3.05, 3.63) is 24.8 Å². The summed E-state index contributed by atoms with van der Waals surface area (Å²) in [5.74, 6) is 0.286. The lowest BCUT2D eigenvalue weighted by molar-refractivity contribution is -0.118. The van der Waals surface area contributed by atoms with Gasteiger partial charge < -0.3 is 0 Å². The zero-order valence-corrected chi connectivity index (χ0v) is 7.94. The van der Waals surface area contributed by atoms with Crippen LogP contribution in [0.5, 0.6) is 0 Å². The van der Waals surface area contributed by atoms with Gasteiger partial charge in [0.05, 0.1) is 0 Å². The van der Waals surface area contributed by atoms with E-state index >= 15 is 0 Å². The quantitative estimate of drug-likeness (QED) is 0.419. The Balaban J connectivity index is 3.46. The summed E-state index contributed by atoms with van der Waals surface area (Å²) in [6, 6.07) is 0. The Bertz CT molecular complexity index is 168. The molecule has 0 aromatic rings. The molecule has 68 valence electrons. The van der Waals surface area contributed by atoms with Gasteiger partial charge in [0.1, 0.15) is 5.78 Å². The Morgan fingerprint density at radius 2 is 2.08 bits per heavy atom. The second kappa shape index (κ2) is 6.84. The summed E-state index contributed by atoms with van der Waals surface area (Å²) in [5.41, 5.74) is 0.830. The smallest absolute Gasteiger partial charge is 0.137 e. The van der Waals surface area contributed by atoms with E-state index in [0.717, 1.165) is 24.8 Å². The molecule has 1 heteroatoms. The second-order valence-electron chi connectivity index (χ2n) is 3.03. The van der Waals surface area contributed by atoms with E-state index in [1.807, 2.05) is 0 Å². The molecule has 0 aromatic heterocycles. The van der Waals surface area contributed by atoms with Gasteiger partial charge in [-0.3, -0.25) is 4.79 Å². The van der Waals surface area contributed by atoms with Crippen LogP contribution in [0.1, 0.15) is 39.0 Å². The van der Waals surface area contributed by atoms with Crippen LogP contribution in [0.15, 0.2) is 24.8 Å². The average molecular weight is 166 g/mol. The van der Waals surface area contributed by atoms with Crippen molar-refractivity contribution in [1.29, 1.82) is 0 Å². The number of rotatable bonds is 7. The topological polar surface area (TPSA) is 17.1 Å². The highest BCUT2D eigenvalue weighted by atomic mass is 16.1. The summed E-state index contributed by atoms with van der Waals surface area (Å²) in [4.78, 5) is 11.2. The minimum Gasteiger partial charge on any atom is -0.299 e. The third-order valence-corrected chi connectivity index (χ3v) is 1.77. The average Bonchev–Trinajstić information content (AvgIpc) is 2.05. The molecular weight excluding hydrogens is 148 g/mol. The summed E-state index contributed by atoms with van der Waals surface area (Å²) in [6.45, 7) is 9.39. The zero-order chi connectivity index (χ0) is 9.40. The lowest BCUT2D eigenvalue weighted by atomic mass is 10.1. The molecular formula is C11H18O. The zero-order valence-electron chi connectivity index (χ0n) is 7.94. The molecule has 0 spiro atoms. The van der Waals surface area contributed by atoms with Crippen molar-refractivity contribution in [2.45, 2.75) is 39.0 Å². The van der Waals surface area contributed by atoms with E-state index in [1.165, 1.54) is 0 Å². The second-order valence-corrected chi connectivity index (χ2v) is 3.03. The van der Waals surface area contributed by atoms with Crippen LogP contribution in [-0.2, 0) is 4.79 Å². The van der Waals surface area contributed by atoms with Crippen molar-refractivity contribution in [2.75, 3.05) is 0 Å². The van der Waals surface area contributed by atoms with Gasteiger partial charge in [0, 0.05) is 12.8 Å². The standard InChI is InChI=1S/C11H18O/c1-4-6-7-8-11(12)9-10(3)5-2/h5H,2-4,6-9H2,1H3. The van der Waals surface area contributed by atoms with Crippen LogP contribution in [-0.4, -0.2) is 5.78 Å². The molecule has 0 saturated carbocycles. The van der Waals surface area contributed by atoms with Crippen LogP contribution in [0.4, 0.5) is 0 Å². The van der Waals surface area contributed by atoms with Crippen molar-refractivity contribution >= 4 is 5.78 Å². The molecule has 12 heavy (non-hydrogen) atoms. The molecule has 0 N–H and O–H groups in total. The Hall–Kier alpha value is -0.850. The summed E-state index contributed by atoms with van der Waals surface area (Å²) in [7, 11) is 0. The van der Waals surface area contributed by atoms with Crippen molar-refractivity contribution < 1.29 is 4.79 Å². The fraction of sp³-hybridized carbons (Fsp3) is 0.545. The van der Waals surface area contributed by atoms with E-state index in [4.69, 9.17) is 0 Å². The molecule has 1 nitrogen and oxygen atoms in total. The van der Waals surface area contributed by atoms with Gasteiger partial charge in [-0.2, -0.15) is 0 Å². The van der Waals surface area contributed by atoms with E-state index in [9.17, 15) is 4.79 Å². The molecule has 0 aliphatic rings. The highest BCUT2D eigenvalue weighted by Crippen LogP contribution is 2.06. The first-order valence-corrected chi connectivity index (χ1v) is 4.52. The monoisotopic (exact) mass is 166 g/mol. The molecule has 0 aromatic carbocycles. The number of hydrogen-bond donors (Lipinski definition) is 0. The Labute approximate surface area is 75.2 Å². The third kappa shape index (κ3) is 5.90. The number of Topliss-reactive ketones (excluding diaryl/α,β-unsaturated/α-hetero) is 1. The van der Waals surface area contributed by atoms with E-state index in [-0.39, 0.29) is 5.78 Å². The maximum Gasteiger partial charge on any atom is 0.137 e. The Kier molecular flexibility index (Phi) is 6.35. The SMILES string of the molecule is C=CC(=C)CC(=O)CCCCC. The molecule has 0 fully saturated rings. The van der Waals surface area contributed by atoms with E-state index < -0.39 is 0 Å². The highest BCUT2D eigenvalue weighted by molar-refractivity contribution is 5.81. The van der Waals surface area contributed by atoms with Crippen LogP contribution in [0.3, 0.4) is 0 Å². The predicted octanol–water partition coefficient (Wildman–Crippen LogP) is 3.27.